The molecule has 0 radical (unpaired) electrons. The molecular weight excluding hydrogens is 259 g/mol. The maximum absolute atomic E-state index is 13.3. The Hall–Kier alpha value is -1.59. The third kappa shape index (κ3) is 4.01. The van der Waals surface area contributed by atoms with Crippen molar-refractivity contribution >= 4 is 17.6 Å². The van der Waals surface area contributed by atoms with Crippen molar-refractivity contribution in [2.45, 2.75) is 6.04 Å². The molecule has 2 amide bonds. The first-order valence-electron chi connectivity index (χ1n) is 5.29. The van der Waals surface area contributed by atoms with E-state index in [1.54, 1.807) is 6.07 Å². The number of rotatable bonds is 5. The van der Waals surface area contributed by atoms with E-state index in [1.807, 2.05) is 0 Å². The lowest BCUT2D eigenvalue weighted by Crippen LogP contribution is -2.39. The maximum Gasteiger partial charge on any atom is 0.315 e. The van der Waals surface area contributed by atoms with Crippen LogP contribution in [0.25, 0.3) is 0 Å². The van der Waals surface area contributed by atoms with Crippen molar-refractivity contribution < 1.29 is 14.3 Å². The van der Waals surface area contributed by atoms with E-state index < -0.39 is 17.9 Å². The molecule has 0 spiro atoms. The minimum absolute atomic E-state index is 0.00783. The fourth-order valence-corrected chi connectivity index (χ4v) is 1.46. The lowest BCUT2D eigenvalue weighted by atomic mass is 10.1. The molecule has 0 saturated carbocycles. The van der Waals surface area contributed by atoms with Crippen LogP contribution in [0.4, 0.5) is 9.18 Å². The summed E-state index contributed by atoms with van der Waals surface area (Å²) in [5.74, 6) is -0.596. The van der Waals surface area contributed by atoms with Crippen molar-refractivity contribution in [2.24, 2.45) is 0 Å². The van der Waals surface area contributed by atoms with Crippen LogP contribution in [0.3, 0.4) is 0 Å². The number of amides is 2. The number of aliphatic hydroxyl groups excluding tert-OH is 1. The average molecular weight is 273 g/mol. The Morgan fingerprint density at radius 3 is 2.89 bits per heavy atom. The summed E-state index contributed by atoms with van der Waals surface area (Å²) in [4.78, 5) is 11.4. The molecule has 0 aliphatic rings. The number of benzene rings is 1. The Morgan fingerprint density at radius 2 is 2.33 bits per heavy atom. The molecule has 4 nitrogen and oxygen atoms in total. The van der Waals surface area contributed by atoms with Crippen LogP contribution in [0.15, 0.2) is 30.9 Å². The SMILES string of the molecule is C=CCNC(=O)NC(CO)c1ccc(Cl)c(F)c1. The molecule has 6 heteroatoms. The van der Waals surface area contributed by atoms with Crippen molar-refractivity contribution in [3.8, 4) is 0 Å². The van der Waals surface area contributed by atoms with Gasteiger partial charge in [0, 0.05) is 6.54 Å². The van der Waals surface area contributed by atoms with Crippen LogP contribution in [0.5, 0.6) is 0 Å². The van der Waals surface area contributed by atoms with Crippen LogP contribution in [0.1, 0.15) is 11.6 Å². The summed E-state index contributed by atoms with van der Waals surface area (Å²) < 4.78 is 13.3. The normalized spacial score (nSPS) is 11.7. The summed E-state index contributed by atoms with van der Waals surface area (Å²) in [7, 11) is 0. The molecule has 1 unspecified atom stereocenters. The number of carbonyl (C=O) groups is 1. The van der Waals surface area contributed by atoms with E-state index in [2.05, 4.69) is 17.2 Å². The number of urea groups is 1. The monoisotopic (exact) mass is 272 g/mol. The molecule has 3 N–H and O–H groups in total. The van der Waals surface area contributed by atoms with Gasteiger partial charge in [-0.1, -0.05) is 23.7 Å². The largest absolute Gasteiger partial charge is 0.394 e. The number of carbonyl (C=O) groups excluding carboxylic acids is 1. The van der Waals surface area contributed by atoms with E-state index in [0.29, 0.717) is 12.1 Å². The maximum atomic E-state index is 13.3. The van der Waals surface area contributed by atoms with E-state index >= 15 is 0 Å². The highest BCUT2D eigenvalue weighted by molar-refractivity contribution is 6.30. The molecule has 0 aliphatic heterocycles. The van der Waals surface area contributed by atoms with E-state index in [0.717, 1.165) is 0 Å². The third-order valence-electron chi connectivity index (χ3n) is 2.24. The van der Waals surface area contributed by atoms with Crippen molar-refractivity contribution in [1.29, 1.82) is 0 Å². The fraction of sp³-hybridized carbons (Fsp3) is 0.250. The third-order valence-corrected chi connectivity index (χ3v) is 2.55. The second kappa shape index (κ2) is 6.98. The van der Waals surface area contributed by atoms with Gasteiger partial charge in [-0.05, 0) is 17.7 Å². The van der Waals surface area contributed by atoms with Crippen molar-refractivity contribution in [3.05, 3.63) is 47.3 Å². The van der Waals surface area contributed by atoms with E-state index in [9.17, 15) is 14.3 Å². The molecular formula is C12H14ClFN2O2. The number of hydrogen-bond donors (Lipinski definition) is 3. The van der Waals surface area contributed by atoms with Crippen LogP contribution in [-0.2, 0) is 0 Å². The smallest absolute Gasteiger partial charge is 0.315 e. The summed E-state index contributed by atoms with van der Waals surface area (Å²) in [5.41, 5.74) is 0.438. The molecule has 0 aliphatic carbocycles. The molecule has 1 atom stereocenters. The summed E-state index contributed by atoms with van der Waals surface area (Å²) in [6.45, 7) is 3.42. The van der Waals surface area contributed by atoms with Gasteiger partial charge in [-0.3, -0.25) is 0 Å². The lowest BCUT2D eigenvalue weighted by molar-refractivity contribution is 0.217. The van der Waals surface area contributed by atoms with Gasteiger partial charge >= 0.3 is 6.03 Å². The standard InChI is InChI=1S/C12H14ClFN2O2/c1-2-5-15-12(18)16-11(7-17)8-3-4-9(13)10(14)6-8/h2-4,6,11,17H,1,5,7H2,(H2,15,16,18). The molecule has 0 fully saturated rings. The number of hydrogen-bond acceptors (Lipinski definition) is 2. The van der Waals surface area contributed by atoms with Crippen LogP contribution in [-0.4, -0.2) is 24.3 Å². The Bertz CT molecular complexity index is 440. The molecule has 98 valence electrons. The molecule has 1 aromatic rings. The highest BCUT2D eigenvalue weighted by Crippen LogP contribution is 2.20. The van der Waals surface area contributed by atoms with Gasteiger partial charge in [-0.15, -0.1) is 6.58 Å². The van der Waals surface area contributed by atoms with Crippen molar-refractivity contribution in [1.82, 2.24) is 10.6 Å². The van der Waals surface area contributed by atoms with Gasteiger partial charge in [0.2, 0.25) is 0 Å². The minimum Gasteiger partial charge on any atom is -0.394 e. The summed E-state index contributed by atoms with van der Waals surface area (Å²) >= 11 is 5.55. The lowest BCUT2D eigenvalue weighted by Gasteiger charge is -2.17. The van der Waals surface area contributed by atoms with Gasteiger partial charge in [-0.25, -0.2) is 9.18 Å². The fourth-order valence-electron chi connectivity index (χ4n) is 1.34. The van der Waals surface area contributed by atoms with Crippen LogP contribution < -0.4 is 10.6 Å². The highest BCUT2D eigenvalue weighted by atomic mass is 35.5. The molecule has 1 aromatic carbocycles. The van der Waals surface area contributed by atoms with E-state index in [-0.39, 0.29) is 11.6 Å². The Morgan fingerprint density at radius 1 is 1.61 bits per heavy atom. The zero-order valence-corrected chi connectivity index (χ0v) is 10.4. The van der Waals surface area contributed by atoms with Gasteiger partial charge in [0.15, 0.2) is 0 Å². The predicted molar refractivity (Wildman–Crippen MR) is 68.0 cm³/mol. The molecule has 0 saturated heterocycles. The van der Waals surface area contributed by atoms with Crippen LogP contribution >= 0.6 is 11.6 Å². The second-order valence-corrected chi connectivity index (χ2v) is 3.96. The van der Waals surface area contributed by atoms with Crippen LogP contribution in [0.2, 0.25) is 5.02 Å². The van der Waals surface area contributed by atoms with E-state index in [4.69, 9.17) is 11.6 Å². The first-order valence-corrected chi connectivity index (χ1v) is 5.67. The molecule has 0 aromatic heterocycles. The summed E-state index contributed by atoms with van der Waals surface area (Å²) in [6.07, 6.45) is 1.52. The Labute approximate surface area is 109 Å². The zero-order valence-electron chi connectivity index (χ0n) is 9.62. The molecule has 0 bridgehead atoms. The Kier molecular flexibility index (Phi) is 5.61. The summed E-state index contributed by atoms with van der Waals surface area (Å²) in [6, 6.07) is 2.93. The molecule has 18 heavy (non-hydrogen) atoms. The van der Waals surface area contributed by atoms with Gasteiger partial charge in [-0.2, -0.15) is 0 Å². The summed E-state index contributed by atoms with van der Waals surface area (Å²) in [5, 5.41) is 14.2. The zero-order chi connectivity index (χ0) is 13.5. The first-order chi connectivity index (χ1) is 8.58. The highest BCUT2D eigenvalue weighted by Gasteiger charge is 2.14. The van der Waals surface area contributed by atoms with Gasteiger partial charge in [0.1, 0.15) is 5.82 Å². The number of aliphatic hydroxyl groups is 1. The van der Waals surface area contributed by atoms with E-state index in [1.165, 1.54) is 18.2 Å². The predicted octanol–water partition coefficient (Wildman–Crippen LogP) is 2.00. The average Bonchev–Trinajstić information content (AvgIpc) is 2.37. The number of halogens is 2. The topological polar surface area (TPSA) is 61.4 Å². The van der Waals surface area contributed by atoms with Crippen molar-refractivity contribution in [2.75, 3.05) is 13.2 Å². The first kappa shape index (κ1) is 14.5. The Balaban J connectivity index is 2.73. The van der Waals surface area contributed by atoms with Crippen LogP contribution in [0, 0.1) is 5.82 Å². The second-order valence-electron chi connectivity index (χ2n) is 3.55. The van der Waals surface area contributed by atoms with Gasteiger partial charge < -0.3 is 15.7 Å². The minimum atomic E-state index is -0.693. The molecule has 1 rings (SSSR count). The van der Waals surface area contributed by atoms with Gasteiger partial charge in [0.25, 0.3) is 0 Å². The number of nitrogens with one attached hydrogen (secondary N) is 2. The quantitative estimate of drug-likeness (QED) is 0.718. The van der Waals surface area contributed by atoms with Gasteiger partial charge in [0.05, 0.1) is 17.7 Å². The van der Waals surface area contributed by atoms with Crippen molar-refractivity contribution in [3.63, 3.8) is 0 Å². The molecule has 0 heterocycles.